The molecule has 3 atom stereocenters. The normalized spacial score (nSPS) is 18.6. The van der Waals surface area contributed by atoms with Crippen LogP contribution in [0.3, 0.4) is 0 Å². The molecule has 3 N–H and O–H groups in total. The summed E-state index contributed by atoms with van der Waals surface area (Å²) in [4.78, 5) is 17.5. The summed E-state index contributed by atoms with van der Waals surface area (Å²) in [5.74, 6) is 0. The van der Waals surface area contributed by atoms with E-state index in [4.69, 9.17) is 9.79 Å². The van der Waals surface area contributed by atoms with Crippen LogP contribution in [0.5, 0.6) is 0 Å². The van der Waals surface area contributed by atoms with Gasteiger partial charge in [-0.3, -0.25) is 13.7 Å². The second-order valence-corrected chi connectivity index (χ2v) is 5.38. The van der Waals surface area contributed by atoms with Crippen LogP contribution in [0.15, 0.2) is 24.3 Å². The van der Waals surface area contributed by atoms with Crippen molar-refractivity contribution in [3.8, 4) is 0 Å². The molecule has 1 rings (SSSR count). The summed E-state index contributed by atoms with van der Waals surface area (Å²) in [5, 5.41) is 9.70. The highest BCUT2D eigenvalue weighted by Crippen LogP contribution is 2.51. The molecule has 0 aliphatic heterocycles. The molecular formula is C8H9F3O6P2. The van der Waals surface area contributed by atoms with Crippen LogP contribution in [0, 0.1) is 0 Å². The van der Waals surface area contributed by atoms with Crippen molar-refractivity contribution in [2.45, 2.75) is 11.7 Å². The molecule has 0 aromatic heterocycles. The van der Waals surface area contributed by atoms with Gasteiger partial charge >= 0.3 is 14.4 Å². The first-order chi connectivity index (χ1) is 8.59. The van der Waals surface area contributed by atoms with Gasteiger partial charge in [-0.1, -0.05) is 18.2 Å². The summed E-state index contributed by atoms with van der Waals surface area (Å²) >= 11 is 0. The highest BCUT2D eigenvalue weighted by Gasteiger charge is 2.46. The second kappa shape index (κ2) is 5.75. The van der Waals surface area contributed by atoms with Crippen LogP contribution in [-0.4, -0.2) is 14.9 Å². The van der Waals surface area contributed by atoms with Gasteiger partial charge < -0.3 is 14.9 Å². The Kier molecular flexibility index (Phi) is 4.95. The Bertz CT molecular complexity index is 519. The van der Waals surface area contributed by atoms with Crippen molar-refractivity contribution in [2.75, 3.05) is 0 Å². The Morgan fingerprint density at radius 2 is 1.53 bits per heavy atom. The molecular weight excluding hydrogens is 311 g/mol. The Balaban J connectivity index is 3.48. The highest BCUT2D eigenvalue weighted by atomic mass is 31.1. The molecule has 6 nitrogen and oxygen atoms in total. The first-order valence-electron chi connectivity index (χ1n) is 4.63. The van der Waals surface area contributed by atoms with Crippen LogP contribution < -0.4 is 0 Å². The van der Waals surface area contributed by atoms with E-state index in [2.05, 4.69) is 4.52 Å². The predicted octanol–water partition coefficient (Wildman–Crippen LogP) is 1.67. The minimum atomic E-state index is -4.93. The molecule has 0 amide bonds. The summed E-state index contributed by atoms with van der Waals surface area (Å²) in [6, 6.07) is 3.27. The largest absolute Gasteiger partial charge is 0.416 e. The van der Waals surface area contributed by atoms with Gasteiger partial charge in [0.1, 0.15) is 0 Å². The van der Waals surface area contributed by atoms with Gasteiger partial charge in [-0.15, -0.1) is 0 Å². The summed E-state index contributed by atoms with van der Waals surface area (Å²) in [6.07, 6.45) is -4.93. The molecule has 3 unspecified atom stereocenters. The van der Waals surface area contributed by atoms with Gasteiger partial charge in [0.05, 0.1) is 5.56 Å². The number of hydrogen-bond donors (Lipinski definition) is 3. The van der Waals surface area contributed by atoms with Gasteiger partial charge in [0, 0.05) is 5.56 Å². The lowest BCUT2D eigenvalue weighted by Gasteiger charge is -2.26. The molecule has 0 spiro atoms. The van der Waals surface area contributed by atoms with Gasteiger partial charge in [0.25, 0.3) is 13.6 Å². The molecule has 0 radical (unpaired) electrons. The lowest BCUT2D eigenvalue weighted by atomic mass is 10.1. The third-order valence-electron chi connectivity index (χ3n) is 2.12. The fourth-order valence-electron chi connectivity index (χ4n) is 1.37. The van der Waals surface area contributed by atoms with Crippen LogP contribution in [0.2, 0.25) is 0 Å². The van der Waals surface area contributed by atoms with E-state index in [1.807, 2.05) is 0 Å². The number of rotatable bonds is 4. The smallest absolute Gasteiger partial charge is 0.354 e. The zero-order valence-electron chi connectivity index (χ0n) is 9.01. The van der Waals surface area contributed by atoms with E-state index in [0.717, 1.165) is 12.1 Å². The fourth-order valence-corrected chi connectivity index (χ4v) is 2.79. The van der Waals surface area contributed by atoms with Crippen molar-refractivity contribution in [3.63, 3.8) is 0 Å². The second-order valence-electron chi connectivity index (χ2n) is 3.36. The fraction of sp³-hybridized carbons (Fsp3) is 0.250. The average molecular weight is 320 g/mol. The van der Waals surface area contributed by atoms with E-state index in [0.29, 0.717) is 12.1 Å². The van der Waals surface area contributed by atoms with E-state index >= 15 is 0 Å². The molecule has 1 aromatic rings. The lowest BCUT2D eigenvalue weighted by Crippen LogP contribution is -2.26. The van der Waals surface area contributed by atoms with E-state index in [9.17, 15) is 27.4 Å². The number of hydrogen-bond acceptors (Lipinski definition) is 4. The van der Waals surface area contributed by atoms with Crippen molar-refractivity contribution in [1.82, 2.24) is 0 Å². The molecule has 19 heavy (non-hydrogen) atoms. The van der Waals surface area contributed by atoms with Crippen LogP contribution in [0.25, 0.3) is 0 Å². The zero-order valence-corrected chi connectivity index (χ0v) is 11.0. The van der Waals surface area contributed by atoms with Crippen LogP contribution in [0.1, 0.15) is 11.1 Å². The summed E-state index contributed by atoms with van der Waals surface area (Å²) < 4.78 is 63.7. The van der Waals surface area contributed by atoms with E-state index in [1.54, 1.807) is 0 Å². The molecule has 1 aromatic carbocycles. The Labute approximate surface area is 106 Å². The van der Waals surface area contributed by atoms with Gasteiger partial charge in [-0.05, 0) is 6.07 Å². The van der Waals surface area contributed by atoms with Gasteiger partial charge in [0.15, 0.2) is 0 Å². The number of aliphatic hydroxyl groups is 1. The molecule has 0 saturated heterocycles. The number of halogens is 3. The molecule has 0 saturated carbocycles. The monoisotopic (exact) mass is 320 g/mol. The average Bonchev–Trinajstić information content (AvgIpc) is 2.26. The molecule has 0 fully saturated rings. The molecule has 0 heterocycles. The minimum Gasteiger partial charge on any atom is -0.354 e. The maximum Gasteiger partial charge on any atom is 0.416 e. The van der Waals surface area contributed by atoms with Gasteiger partial charge in [-0.25, -0.2) is 0 Å². The standard InChI is InChI=1S/C8H9F3O6P2/c9-7(10,11)5-3-1-2-4-6(5)8(12,18(13)14)17-19(15)16/h1-4,12,18-19H,(H,13,14)(H,15,16). The molecule has 108 valence electrons. The Hall–Kier alpha value is -0.690. The maximum atomic E-state index is 12.7. The van der Waals surface area contributed by atoms with E-state index in [-0.39, 0.29) is 0 Å². The quantitative estimate of drug-likeness (QED) is 0.576. The summed E-state index contributed by atoms with van der Waals surface area (Å²) in [7, 11) is -8.10. The third kappa shape index (κ3) is 3.66. The van der Waals surface area contributed by atoms with Crippen LogP contribution in [-0.2, 0) is 25.4 Å². The first kappa shape index (κ1) is 16.4. The number of benzene rings is 1. The molecule has 0 aliphatic rings. The number of alkyl halides is 3. The zero-order chi connectivity index (χ0) is 14.8. The molecule has 0 aliphatic carbocycles. The summed E-state index contributed by atoms with van der Waals surface area (Å²) in [5.41, 5.74) is -5.91. The first-order valence-corrected chi connectivity index (χ1v) is 7.25. The summed E-state index contributed by atoms with van der Waals surface area (Å²) in [6.45, 7) is 0. The predicted molar refractivity (Wildman–Crippen MR) is 58.9 cm³/mol. The van der Waals surface area contributed by atoms with Crippen LogP contribution in [0.4, 0.5) is 13.2 Å². The molecule has 0 bridgehead atoms. The van der Waals surface area contributed by atoms with Crippen LogP contribution >= 0.6 is 16.3 Å². The Morgan fingerprint density at radius 1 is 1.05 bits per heavy atom. The van der Waals surface area contributed by atoms with Crippen molar-refractivity contribution >= 4 is 16.3 Å². The lowest BCUT2D eigenvalue weighted by molar-refractivity contribution is -0.144. The van der Waals surface area contributed by atoms with Gasteiger partial charge in [0.2, 0.25) is 0 Å². The van der Waals surface area contributed by atoms with E-state index < -0.39 is 39.1 Å². The third-order valence-corrected chi connectivity index (χ3v) is 3.75. The maximum absolute atomic E-state index is 12.7. The van der Waals surface area contributed by atoms with Crippen molar-refractivity contribution in [3.05, 3.63) is 35.4 Å². The SMILES string of the molecule is O=[PH](O)OC(O)(c1ccccc1C(F)(F)F)[PH](=O)O. The van der Waals surface area contributed by atoms with Crippen molar-refractivity contribution < 1.29 is 41.7 Å². The van der Waals surface area contributed by atoms with Gasteiger partial charge in [-0.2, -0.15) is 13.2 Å². The topological polar surface area (TPSA) is 104 Å². The van der Waals surface area contributed by atoms with E-state index in [1.165, 1.54) is 0 Å². The van der Waals surface area contributed by atoms with Crippen molar-refractivity contribution in [2.24, 2.45) is 0 Å². The minimum absolute atomic E-state index is 0.545. The Morgan fingerprint density at radius 3 is 1.89 bits per heavy atom. The highest BCUT2D eigenvalue weighted by molar-refractivity contribution is 7.40. The van der Waals surface area contributed by atoms with Crippen molar-refractivity contribution in [1.29, 1.82) is 0 Å². The molecule has 11 heteroatoms.